The second-order valence-corrected chi connectivity index (χ2v) is 7.53. The third-order valence-corrected chi connectivity index (χ3v) is 5.02. The fourth-order valence-corrected chi connectivity index (χ4v) is 3.40. The Labute approximate surface area is 186 Å². The van der Waals surface area contributed by atoms with Gasteiger partial charge in [0.05, 0.1) is 23.0 Å². The van der Waals surface area contributed by atoms with Crippen molar-refractivity contribution in [3.8, 4) is 0 Å². The van der Waals surface area contributed by atoms with Gasteiger partial charge in [-0.2, -0.15) is 13.2 Å². The van der Waals surface area contributed by atoms with Gasteiger partial charge in [0.25, 0.3) is 11.8 Å². The Hall–Kier alpha value is -4.14. The number of nitrogens with zero attached hydrogens (tertiary/aromatic N) is 1. The van der Waals surface area contributed by atoms with Gasteiger partial charge in [-0.25, -0.2) is 4.98 Å². The Balaban J connectivity index is 1.52. The van der Waals surface area contributed by atoms with Gasteiger partial charge in [-0.3, -0.25) is 9.59 Å². The van der Waals surface area contributed by atoms with Crippen LogP contribution in [0.25, 0.3) is 11.0 Å². The molecular formula is C24H19F3N4O2. The van der Waals surface area contributed by atoms with E-state index in [1.165, 1.54) is 24.5 Å². The normalized spacial score (nSPS) is 11.4. The first kappa shape index (κ1) is 22.1. The van der Waals surface area contributed by atoms with E-state index in [2.05, 4.69) is 20.6 Å². The number of alkyl halides is 3. The number of anilines is 1. The van der Waals surface area contributed by atoms with E-state index < -0.39 is 17.6 Å². The molecule has 33 heavy (non-hydrogen) atoms. The molecule has 2 heterocycles. The van der Waals surface area contributed by atoms with Crippen LogP contribution in [0.15, 0.2) is 67.0 Å². The number of aryl methyl sites for hydroxylation is 1. The smallest absolute Gasteiger partial charge is 0.348 e. The lowest BCUT2D eigenvalue weighted by molar-refractivity contribution is -0.137. The van der Waals surface area contributed by atoms with Gasteiger partial charge in [-0.05, 0) is 36.8 Å². The molecule has 0 aliphatic heterocycles. The van der Waals surface area contributed by atoms with E-state index in [1.807, 2.05) is 31.2 Å². The number of nitrogens with one attached hydrogen (secondary N) is 3. The van der Waals surface area contributed by atoms with Gasteiger partial charge in [0.15, 0.2) is 0 Å². The van der Waals surface area contributed by atoms with Crippen LogP contribution in [0.1, 0.15) is 37.4 Å². The van der Waals surface area contributed by atoms with Crippen molar-refractivity contribution in [1.29, 1.82) is 0 Å². The Morgan fingerprint density at radius 2 is 1.82 bits per heavy atom. The van der Waals surface area contributed by atoms with E-state index in [0.29, 0.717) is 23.1 Å². The molecule has 168 valence electrons. The second kappa shape index (κ2) is 8.78. The van der Waals surface area contributed by atoms with Crippen LogP contribution in [-0.4, -0.2) is 21.8 Å². The number of carbonyl (C=O) groups excluding carboxylic acids is 2. The molecule has 0 aliphatic rings. The predicted molar refractivity (Wildman–Crippen MR) is 118 cm³/mol. The van der Waals surface area contributed by atoms with Crippen LogP contribution in [0, 0.1) is 6.92 Å². The fourth-order valence-electron chi connectivity index (χ4n) is 3.40. The van der Waals surface area contributed by atoms with Crippen LogP contribution >= 0.6 is 0 Å². The molecule has 0 fully saturated rings. The van der Waals surface area contributed by atoms with E-state index >= 15 is 0 Å². The largest absolute Gasteiger partial charge is 0.416 e. The highest BCUT2D eigenvalue weighted by atomic mass is 19.4. The molecule has 0 radical (unpaired) electrons. The summed E-state index contributed by atoms with van der Waals surface area (Å²) in [5.74, 6) is -1.05. The molecule has 0 aliphatic carbocycles. The maximum atomic E-state index is 12.9. The number of H-pyrrole nitrogens is 1. The molecule has 2 amide bonds. The fraction of sp³-hybridized carbons (Fsp3) is 0.125. The number of carbonyl (C=O) groups is 2. The summed E-state index contributed by atoms with van der Waals surface area (Å²) in [6, 6.07) is 13.4. The third-order valence-electron chi connectivity index (χ3n) is 5.02. The van der Waals surface area contributed by atoms with Crippen molar-refractivity contribution in [2.24, 2.45) is 0 Å². The zero-order valence-corrected chi connectivity index (χ0v) is 17.5. The number of pyridine rings is 1. The van der Waals surface area contributed by atoms with E-state index in [4.69, 9.17) is 0 Å². The van der Waals surface area contributed by atoms with Crippen molar-refractivity contribution in [1.82, 2.24) is 15.3 Å². The molecule has 0 unspecified atom stereocenters. The van der Waals surface area contributed by atoms with Crippen molar-refractivity contribution < 1.29 is 22.8 Å². The van der Waals surface area contributed by atoms with E-state index in [1.54, 1.807) is 6.07 Å². The van der Waals surface area contributed by atoms with Gasteiger partial charge in [-0.15, -0.1) is 0 Å². The van der Waals surface area contributed by atoms with Crippen LogP contribution in [0.3, 0.4) is 0 Å². The highest BCUT2D eigenvalue weighted by Crippen LogP contribution is 2.30. The Morgan fingerprint density at radius 1 is 1.03 bits per heavy atom. The number of hydrogen-bond donors (Lipinski definition) is 3. The Bertz CT molecular complexity index is 1350. The first-order valence-electron chi connectivity index (χ1n) is 10.0. The monoisotopic (exact) mass is 452 g/mol. The minimum atomic E-state index is -4.55. The number of amides is 2. The van der Waals surface area contributed by atoms with Crippen molar-refractivity contribution >= 4 is 28.5 Å². The zero-order valence-electron chi connectivity index (χ0n) is 17.5. The van der Waals surface area contributed by atoms with Crippen molar-refractivity contribution in [2.45, 2.75) is 19.6 Å². The minimum absolute atomic E-state index is 0.143. The van der Waals surface area contributed by atoms with Crippen LogP contribution in [0.4, 0.5) is 18.9 Å². The number of fused-ring (bicyclic) bond motifs is 1. The maximum absolute atomic E-state index is 12.9. The van der Waals surface area contributed by atoms with Crippen molar-refractivity contribution in [3.05, 3.63) is 94.8 Å². The first-order chi connectivity index (χ1) is 15.7. The number of benzene rings is 2. The number of aromatic nitrogens is 2. The van der Waals surface area contributed by atoms with Gasteiger partial charge in [0, 0.05) is 23.7 Å². The van der Waals surface area contributed by atoms with E-state index in [9.17, 15) is 22.8 Å². The number of rotatable bonds is 5. The van der Waals surface area contributed by atoms with Crippen LogP contribution in [0.2, 0.25) is 0 Å². The molecule has 9 heteroatoms. The van der Waals surface area contributed by atoms with Gasteiger partial charge in [-0.1, -0.05) is 35.9 Å². The van der Waals surface area contributed by atoms with Crippen molar-refractivity contribution in [2.75, 3.05) is 5.32 Å². The second-order valence-electron chi connectivity index (χ2n) is 7.53. The summed E-state index contributed by atoms with van der Waals surface area (Å²) in [4.78, 5) is 32.3. The van der Waals surface area contributed by atoms with E-state index in [0.717, 1.165) is 23.3 Å². The standard InChI is InChI=1S/C24H19F3N4O2/c1-14-4-2-5-15(8-14)11-30-23(33)20-13-29-21-19(20)10-18(12-28-21)31-22(32)16-6-3-7-17(9-16)24(25,26)27/h2-10,12-13H,11H2,1H3,(H,28,29)(H,30,33)(H,31,32). The molecule has 0 bridgehead atoms. The minimum Gasteiger partial charge on any atom is -0.348 e. The first-order valence-corrected chi connectivity index (χ1v) is 10.0. The van der Waals surface area contributed by atoms with E-state index in [-0.39, 0.29) is 17.2 Å². The number of hydrogen-bond acceptors (Lipinski definition) is 3. The summed E-state index contributed by atoms with van der Waals surface area (Å²) >= 11 is 0. The van der Waals surface area contributed by atoms with Crippen LogP contribution < -0.4 is 10.6 Å². The summed E-state index contributed by atoms with van der Waals surface area (Å²) in [6.07, 6.45) is -1.68. The maximum Gasteiger partial charge on any atom is 0.416 e. The summed E-state index contributed by atoms with van der Waals surface area (Å²) in [6.45, 7) is 2.30. The van der Waals surface area contributed by atoms with Crippen molar-refractivity contribution in [3.63, 3.8) is 0 Å². The topological polar surface area (TPSA) is 86.9 Å². The number of halogens is 3. The highest BCUT2D eigenvalue weighted by molar-refractivity contribution is 6.08. The van der Waals surface area contributed by atoms with Gasteiger partial charge in [0.1, 0.15) is 5.65 Å². The molecule has 6 nitrogen and oxygen atoms in total. The summed E-state index contributed by atoms with van der Waals surface area (Å²) in [5, 5.41) is 5.85. The molecular weight excluding hydrogens is 433 g/mol. The average Bonchev–Trinajstić information content (AvgIpc) is 3.20. The van der Waals surface area contributed by atoms with Crippen LogP contribution in [-0.2, 0) is 12.7 Å². The SMILES string of the molecule is Cc1cccc(CNC(=O)c2c[nH]c3ncc(NC(=O)c4cccc(C(F)(F)F)c4)cc23)c1. The summed E-state index contributed by atoms with van der Waals surface area (Å²) < 4.78 is 38.8. The molecule has 0 atom stereocenters. The molecule has 0 spiro atoms. The highest BCUT2D eigenvalue weighted by Gasteiger charge is 2.30. The number of aromatic amines is 1. The molecule has 2 aromatic carbocycles. The van der Waals surface area contributed by atoms with Gasteiger partial charge < -0.3 is 15.6 Å². The average molecular weight is 452 g/mol. The Kier molecular flexibility index (Phi) is 5.87. The molecule has 4 aromatic rings. The lowest BCUT2D eigenvalue weighted by atomic mass is 10.1. The zero-order chi connectivity index (χ0) is 23.6. The Morgan fingerprint density at radius 3 is 2.58 bits per heavy atom. The molecule has 2 aromatic heterocycles. The molecule has 0 saturated heterocycles. The lowest BCUT2D eigenvalue weighted by Crippen LogP contribution is -2.22. The predicted octanol–water partition coefficient (Wildman–Crippen LogP) is 5.07. The quantitative estimate of drug-likeness (QED) is 0.395. The summed E-state index contributed by atoms with van der Waals surface area (Å²) in [5.41, 5.74) is 2.00. The van der Waals surface area contributed by atoms with Crippen LogP contribution in [0.5, 0.6) is 0 Å². The lowest BCUT2D eigenvalue weighted by Gasteiger charge is -2.09. The third kappa shape index (κ3) is 5.03. The molecule has 3 N–H and O–H groups in total. The molecule has 4 rings (SSSR count). The summed E-state index contributed by atoms with van der Waals surface area (Å²) in [7, 11) is 0. The van der Waals surface area contributed by atoms with Gasteiger partial charge >= 0.3 is 6.18 Å². The molecule has 0 saturated carbocycles. The van der Waals surface area contributed by atoms with Gasteiger partial charge in [0.2, 0.25) is 0 Å².